The van der Waals surface area contributed by atoms with Gasteiger partial charge in [0.05, 0.1) is 6.10 Å². The largest absolute Gasteiger partial charge is 0.478 e. The van der Waals surface area contributed by atoms with Crippen LogP contribution in [0.3, 0.4) is 0 Å². The van der Waals surface area contributed by atoms with E-state index in [2.05, 4.69) is 37.1 Å². The Morgan fingerprint density at radius 3 is 2.35 bits per heavy atom. The topological polar surface area (TPSA) is 151 Å². The van der Waals surface area contributed by atoms with Crippen molar-refractivity contribution in [2.75, 3.05) is 39.3 Å². The van der Waals surface area contributed by atoms with Gasteiger partial charge in [-0.05, 0) is 98.4 Å². The number of fused-ring (bicyclic) bond motifs is 1. The highest BCUT2D eigenvalue weighted by molar-refractivity contribution is 5.88. The number of hydrogen-bond donors (Lipinski definition) is 5. The van der Waals surface area contributed by atoms with Crippen molar-refractivity contribution >= 4 is 11.9 Å². The predicted molar refractivity (Wildman–Crippen MR) is 169 cm³/mol. The number of nitrogens with zero attached hydrogens (tertiary/aromatic N) is 1. The van der Waals surface area contributed by atoms with Gasteiger partial charge in [0.25, 0.3) is 0 Å². The summed E-state index contributed by atoms with van der Waals surface area (Å²) in [5.74, 6) is -0.491. The molecular formula is C34H58N4O5. The van der Waals surface area contributed by atoms with Crippen molar-refractivity contribution in [1.82, 2.24) is 10.2 Å². The van der Waals surface area contributed by atoms with E-state index in [1.54, 1.807) is 0 Å². The van der Waals surface area contributed by atoms with Crippen LogP contribution in [0.1, 0.15) is 80.1 Å². The lowest BCUT2D eigenvalue weighted by Gasteiger charge is -2.70. The molecule has 0 aromatic carbocycles. The smallest absolute Gasteiger partial charge is 0.331 e. The Bertz CT molecular complexity index is 1080. The van der Waals surface area contributed by atoms with Crippen LogP contribution >= 0.6 is 0 Å². The first-order chi connectivity index (χ1) is 20.3. The zero-order valence-electron chi connectivity index (χ0n) is 27.4. The van der Waals surface area contributed by atoms with Crippen molar-refractivity contribution < 1.29 is 24.5 Å². The van der Waals surface area contributed by atoms with Crippen molar-refractivity contribution in [2.24, 2.45) is 51.9 Å². The van der Waals surface area contributed by atoms with Gasteiger partial charge in [0.1, 0.15) is 6.10 Å². The van der Waals surface area contributed by atoms with Gasteiger partial charge >= 0.3 is 11.9 Å². The third kappa shape index (κ3) is 6.35. The first-order valence-corrected chi connectivity index (χ1v) is 16.6. The van der Waals surface area contributed by atoms with Crippen molar-refractivity contribution in [3.8, 4) is 0 Å². The molecule has 5 saturated carbocycles. The highest BCUT2D eigenvalue weighted by Crippen LogP contribution is 2.78. The minimum Gasteiger partial charge on any atom is -0.478 e. The number of aliphatic carboxylic acids is 1. The number of ether oxygens (including phenoxy) is 1. The molecule has 10 atom stereocenters. The van der Waals surface area contributed by atoms with Crippen molar-refractivity contribution in [1.29, 1.82) is 0 Å². The number of nitrogens with two attached hydrogens (primary N) is 2. The van der Waals surface area contributed by atoms with Crippen LogP contribution in [0.25, 0.3) is 0 Å². The third-order valence-electron chi connectivity index (χ3n) is 12.0. The predicted octanol–water partition coefficient (Wildman–Crippen LogP) is 3.31. The van der Waals surface area contributed by atoms with Gasteiger partial charge in [-0.1, -0.05) is 32.4 Å². The van der Waals surface area contributed by atoms with Crippen LogP contribution in [-0.4, -0.2) is 84.6 Å². The van der Waals surface area contributed by atoms with Gasteiger partial charge in [-0.2, -0.15) is 0 Å². The Labute approximate surface area is 258 Å². The Kier molecular flexibility index (Phi) is 10.9. The first kappa shape index (κ1) is 34.1. The molecule has 4 unspecified atom stereocenters. The normalized spacial score (nSPS) is 39.3. The van der Waals surface area contributed by atoms with Gasteiger partial charge in [0.15, 0.2) is 0 Å². The number of carbonyl (C=O) groups excluding carboxylic acids is 1. The summed E-state index contributed by atoms with van der Waals surface area (Å²) in [6.07, 6.45) is 5.20. The molecule has 244 valence electrons. The number of aliphatic hydroxyl groups excluding tert-OH is 1. The van der Waals surface area contributed by atoms with E-state index in [0.717, 1.165) is 50.2 Å². The SMILES string of the molecule is CC(=O)O[C@H]1CC2C(C[C@@H](O)[C@@H]3[C@]4(C)C2[C@]3(C)CCC(NCCN(CCN)CCN)[C@H]4C)/C1=C(\CCC=C(C)C)C(=O)O. The van der Waals surface area contributed by atoms with Gasteiger partial charge in [0, 0.05) is 57.8 Å². The number of esters is 1. The summed E-state index contributed by atoms with van der Waals surface area (Å²) in [6, 6.07) is 0.319. The lowest BCUT2D eigenvalue weighted by Crippen LogP contribution is -2.68. The van der Waals surface area contributed by atoms with E-state index in [1.165, 1.54) is 6.92 Å². The fourth-order valence-corrected chi connectivity index (χ4v) is 10.6. The Morgan fingerprint density at radius 2 is 1.77 bits per heavy atom. The van der Waals surface area contributed by atoms with Crippen LogP contribution in [0.2, 0.25) is 0 Å². The number of aliphatic hydroxyl groups is 1. The minimum absolute atomic E-state index is 0.0505. The molecule has 5 rings (SSSR count). The van der Waals surface area contributed by atoms with Crippen LogP contribution < -0.4 is 16.8 Å². The molecular weight excluding hydrogens is 544 g/mol. The zero-order valence-corrected chi connectivity index (χ0v) is 27.4. The summed E-state index contributed by atoms with van der Waals surface area (Å²) in [6.45, 7) is 17.2. The maximum absolute atomic E-state index is 12.7. The highest BCUT2D eigenvalue weighted by atomic mass is 16.5. The monoisotopic (exact) mass is 602 g/mol. The quantitative estimate of drug-likeness (QED) is 0.121. The number of carboxylic acids is 1. The molecule has 43 heavy (non-hydrogen) atoms. The second-order valence-electron chi connectivity index (χ2n) is 14.6. The minimum atomic E-state index is -0.938. The fraction of sp³-hybridized carbons (Fsp3) is 0.824. The van der Waals surface area contributed by atoms with Crippen LogP contribution in [0.15, 0.2) is 22.8 Å². The number of nitrogens with one attached hydrogen (secondary N) is 1. The van der Waals surface area contributed by atoms with Gasteiger partial charge < -0.3 is 31.7 Å². The van der Waals surface area contributed by atoms with E-state index in [0.29, 0.717) is 62.2 Å². The van der Waals surface area contributed by atoms with Crippen LogP contribution in [0.5, 0.6) is 0 Å². The summed E-state index contributed by atoms with van der Waals surface area (Å²) >= 11 is 0. The average Bonchev–Trinajstić information content (AvgIpc) is 3.01. The van der Waals surface area contributed by atoms with Crippen molar-refractivity contribution in [3.63, 3.8) is 0 Å². The second-order valence-corrected chi connectivity index (χ2v) is 14.6. The molecule has 4 bridgehead atoms. The number of carboxylic acid groups (broad SMARTS) is 1. The molecule has 0 saturated heterocycles. The van der Waals surface area contributed by atoms with E-state index in [-0.39, 0.29) is 34.6 Å². The molecule has 9 heteroatoms. The summed E-state index contributed by atoms with van der Waals surface area (Å²) in [5, 5.41) is 26.3. The molecule has 0 aliphatic heterocycles. The highest BCUT2D eigenvalue weighted by Gasteiger charge is 2.76. The Balaban J connectivity index is 1.66. The zero-order chi connectivity index (χ0) is 31.7. The lowest BCUT2D eigenvalue weighted by molar-refractivity contribution is -0.246. The van der Waals surface area contributed by atoms with Crippen molar-refractivity contribution in [2.45, 2.75) is 98.3 Å². The maximum atomic E-state index is 12.7. The molecule has 7 N–H and O–H groups in total. The first-order valence-electron chi connectivity index (χ1n) is 16.6. The molecule has 5 fully saturated rings. The lowest BCUT2D eigenvalue weighted by atomic mass is 9.35. The summed E-state index contributed by atoms with van der Waals surface area (Å²) in [7, 11) is 0. The Hall–Kier alpha value is -1.78. The van der Waals surface area contributed by atoms with E-state index < -0.39 is 18.2 Å². The van der Waals surface area contributed by atoms with Gasteiger partial charge in [-0.25, -0.2) is 4.79 Å². The average molecular weight is 603 g/mol. The van der Waals surface area contributed by atoms with Crippen LogP contribution in [-0.2, 0) is 14.3 Å². The summed E-state index contributed by atoms with van der Waals surface area (Å²) < 4.78 is 5.91. The number of rotatable bonds is 13. The molecule has 9 nitrogen and oxygen atoms in total. The maximum Gasteiger partial charge on any atom is 0.331 e. The summed E-state index contributed by atoms with van der Waals surface area (Å²) in [4.78, 5) is 27.3. The molecule has 0 heterocycles. The number of hydrogen-bond acceptors (Lipinski definition) is 8. The molecule has 5 aliphatic rings. The van der Waals surface area contributed by atoms with Gasteiger partial charge in [-0.15, -0.1) is 0 Å². The third-order valence-corrected chi connectivity index (χ3v) is 12.0. The molecule has 5 aliphatic carbocycles. The number of allylic oxidation sites excluding steroid dienone is 2. The van der Waals surface area contributed by atoms with E-state index in [4.69, 9.17) is 16.2 Å². The molecule has 0 aromatic rings. The molecule has 0 amide bonds. The van der Waals surface area contributed by atoms with Crippen molar-refractivity contribution in [3.05, 3.63) is 22.8 Å². The van der Waals surface area contributed by atoms with Gasteiger partial charge in [-0.3, -0.25) is 9.69 Å². The molecule has 0 aromatic heterocycles. The van der Waals surface area contributed by atoms with E-state index >= 15 is 0 Å². The molecule has 0 spiro atoms. The van der Waals surface area contributed by atoms with E-state index in [1.807, 2.05) is 13.8 Å². The standard InChI is InChI=1S/C34H58N4O5/c1-20(2)8-7-9-23(32(41)42)29-24-18-27(40)31-33(5)11-10-26(37-14-17-38(15-12-35)16-13-36)21(3)34(31,6)30(33)25(24)19-28(29)43-22(4)39/h8,21,24-28,30-31,37,40H,7,9-19,35-36H2,1-6H3,(H,41,42)/b29-23-/t21-,24?,25?,26?,27-,28+,30?,31+,33+,34+/m1/s1. The van der Waals surface area contributed by atoms with Crippen LogP contribution in [0, 0.1) is 40.4 Å². The van der Waals surface area contributed by atoms with Crippen LogP contribution in [0.4, 0.5) is 0 Å². The summed E-state index contributed by atoms with van der Waals surface area (Å²) in [5.41, 5.74) is 13.7. The second kappa shape index (κ2) is 13.7. The van der Waals surface area contributed by atoms with E-state index in [9.17, 15) is 19.8 Å². The number of carbonyl (C=O) groups is 2. The Morgan fingerprint density at radius 1 is 1.09 bits per heavy atom. The van der Waals surface area contributed by atoms with Gasteiger partial charge in [0.2, 0.25) is 0 Å². The fourth-order valence-electron chi connectivity index (χ4n) is 10.6. The molecule has 0 radical (unpaired) electrons.